The zero-order valence-electron chi connectivity index (χ0n) is 18.3. The van der Waals surface area contributed by atoms with Crippen LogP contribution in [0.5, 0.6) is 11.5 Å². The highest BCUT2D eigenvalue weighted by molar-refractivity contribution is 14.0. The van der Waals surface area contributed by atoms with E-state index in [0.29, 0.717) is 6.54 Å². The van der Waals surface area contributed by atoms with Gasteiger partial charge in [-0.05, 0) is 45.7 Å². The number of nitrogens with one attached hydrogen (secondary N) is 2. The molecule has 0 aliphatic heterocycles. The minimum Gasteiger partial charge on any atom is -0.496 e. The fourth-order valence-corrected chi connectivity index (χ4v) is 3.14. The van der Waals surface area contributed by atoms with Gasteiger partial charge in [0.05, 0.1) is 26.5 Å². The first-order valence-electron chi connectivity index (χ1n) is 9.64. The normalized spacial score (nSPS) is 10.9. The topological polar surface area (TPSA) is 67.8 Å². The van der Waals surface area contributed by atoms with Crippen LogP contribution in [0.25, 0.3) is 0 Å². The first-order valence-corrected chi connectivity index (χ1v) is 9.64. The van der Waals surface area contributed by atoms with Gasteiger partial charge in [0.2, 0.25) is 0 Å². The second-order valence-corrected chi connectivity index (χ2v) is 6.73. The van der Waals surface area contributed by atoms with E-state index >= 15 is 0 Å². The molecule has 0 aliphatic carbocycles. The second kappa shape index (κ2) is 12.5. The maximum Gasteiger partial charge on any atom is 0.191 e. The number of rotatable bonds is 8. The largest absolute Gasteiger partial charge is 0.496 e. The number of hydrogen-bond acceptors (Lipinski definition) is 4. The van der Waals surface area contributed by atoms with E-state index in [1.807, 2.05) is 26.1 Å². The van der Waals surface area contributed by atoms with Gasteiger partial charge in [0.15, 0.2) is 5.96 Å². The lowest BCUT2D eigenvalue weighted by atomic mass is 10.1. The summed E-state index contributed by atoms with van der Waals surface area (Å²) in [7, 11) is 3.39. The zero-order chi connectivity index (χ0) is 20.5. The molecule has 0 atom stereocenters. The molecule has 1 aromatic carbocycles. The molecule has 0 bridgehead atoms. The minimum absolute atomic E-state index is 0. The van der Waals surface area contributed by atoms with Gasteiger partial charge < -0.3 is 20.1 Å². The molecule has 1 heterocycles. The highest BCUT2D eigenvalue weighted by Crippen LogP contribution is 2.24. The summed E-state index contributed by atoms with van der Waals surface area (Å²) in [4.78, 5) is 9.21. The number of halogens is 1. The monoisotopic (exact) mass is 512 g/mol. The molecule has 0 spiro atoms. The van der Waals surface area contributed by atoms with Gasteiger partial charge in [0.25, 0.3) is 0 Å². The maximum atomic E-state index is 5.48. The van der Waals surface area contributed by atoms with Crippen molar-refractivity contribution in [3.8, 4) is 11.5 Å². The summed E-state index contributed by atoms with van der Waals surface area (Å²) in [6.07, 6.45) is 2.69. The standard InChI is InChI=1S/C22H32N4O2.HI/c1-7-23-22(24-11-10-18-12-15(2)8-9-20(18)27-5)26-14-19-17(4)21(28-6)16(3)13-25-19;/h8-9,12-13H,7,10-11,14H2,1-6H3,(H2,23,24,26);1H. The summed E-state index contributed by atoms with van der Waals surface area (Å²) in [6.45, 7) is 10.2. The van der Waals surface area contributed by atoms with Gasteiger partial charge >= 0.3 is 0 Å². The third-order valence-corrected chi connectivity index (χ3v) is 4.60. The summed E-state index contributed by atoms with van der Waals surface area (Å²) in [6, 6.07) is 6.24. The number of aryl methyl sites for hydroxylation is 2. The molecule has 0 aliphatic rings. The van der Waals surface area contributed by atoms with Gasteiger partial charge in [-0.3, -0.25) is 4.98 Å². The van der Waals surface area contributed by atoms with Crippen molar-refractivity contribution in [2.75, 3.05) is 27.3 Å². The first-order chi connectivity index (χ1) is 13.5. The highest BCUT2D eigenvalue weighted by atomic mass is 127. The number of nitrogens with zero attached hydrogens (tertiary/aromatic N) is 2. The molecule has 0 fully saturated rings. The lowest BCUT2D eigenvalue weighted by Gasteiger charge is -2.14. The molecule has 6 nitrogen and oxygen atoms in total. The van der Waals surface area contributed by atoms with Gasteiger partial charge in [-0.25, -0.2) is 4.99 Å². The molecular weight excluding hydrogens is 479 g/mol. The molecule has 2 rings (SSSR count). The van der Waals surface area contributed by atoms with Crippen LogP contribution in [-0.4, -0.2) is 38.3 Å². The van der Waals surface area contributed by atoms with E-state index < -0.39 is 0 Å². The fraction of sp³-hybridized carbons (Fsp3) is 0.455. The van der Waals surface area contributed by atoms with Crippen LogP contribution in [-0.2, 0) is 13.0 Å². The van der Waals surface area contributed by atoms with Crippen molar-refractivity contribution in [2.24, 2.45) is 4.99 Å². The predicted octanol–water partition coefficient (Wildman–Crippen LogP) is 3.94. The Morgan fingerprint density at radius 2 is 1.86 bits per heavy atom. The molecule has 2 N–H and O–H groups in total. The Labute approximate surface area is 191 Å². The van der Waals surface area contributed by atoms with Crippen molar-refractivity contribution in [2.45, 2.75) is 40.7 Å². The molecule has 29 heavy (non-hydrogen) atoms. The quantitative estimate of drug-likeness (QED) is 0.319. The molecule has 0 saturated heterocycles. The number of guanidine groups is 1. The Bertz CT molecular complexity index is 825. The van der Waals surface area contributed by atoms with Gasteiger partial charge in [-0.1, -0.05) is 17.7 Å². The van der Waals surface area contributed by atoms with Crippen LogP contribution in [0, 0.1) is 20.8 Å². The summed E-state index contributed by atoms with van der Waals surface area (Å²) in [5, 5.41) is 6.68. The Kier molecular flexibility index (Phi) is 10.8. The summed E-state index contributed by atoms with van der Waals surface area (Å²) in [5.41, 5.74) is 5.40. The van der Waals surface area contributed by atoms with E-state index in [4.69, 9.17) is 9.47 Å². The van der Waals surface area contributed by atoms with E-state index in [2.05, 4.69) is 46.6 Å². The molecule has 1 aromatic heterocycles. The minimum atomic E-state index is 0. The Morgan fingerprint density at radius 1 is 1.10 bits per heavy atom. The third-order valence-electron chi connectivity index (χ3n) is 4.60. The number of pyridine rings is 1. The van der Waals surface area contributed by atoms with Crippen molar-refractivity contribution < 1.29 is 9.47 Å². The lowest BCUT2D eigenvalue weighted by molar-refractivity contribution is 0.407. The number of ether oxygens (including phenoxy) is 2. The SMILES string of the molecule is CCNC(=NCc1ncc(C)c(OC)c1C)NCCc1cc(C)ccc1OC.I. The smallest absolute Gasteiger partial charge is 0.191 e. The van der Waals surface area contributed by atoms with Crippen LogP contribution in [0.2, 0.25) is 0 Å². The van der Waals surface area contributed by atoms with Crippen molar-refractivity contribution in [1.29, 1.82) is 0 Å². The maximum absolute atomic E-state index is 5.48. The summed E-state index contributed by atoms with van der Waals surface area (Å²) >= 11 is 0. The van der Waals surface area contributed by atoms with Crippen molar-refractivity contribution in [3.63, 3.8) is 0 Å². The van der Waals surface area contributed by atoms with Crippen molar-refractivity contribution in [3.05, 3.63) is 52.3 Å². The van der Waals surface area contributed by atoms with E-state index in [9.17, 15) is 0 Å². The fourth-order valence-electron chi connectivity index (χ4n) is 3.14. The molecule has 0 amide bonds. The van der Waals surface area contributed by atoms with Crippen LogP contribution in [0.1, 0.15) is 34.9 Å². The van der Waals surface area contributed by atoms with Crippen LogP contribution >= 0.6 is 24.0 Å². The third kappa shape index (κ3) is 7.06. The van der Waals surface area contributed by atoms with Crippen molar-refractivity contribution in [1.82, 2.24) is 15.6 Å². The first kappa shape index (κ1) is 25.0. The van der Waals surface area contributed by atoms with E-state index in [-0.39, 0.29) is 24.0 Å². The average Bonchev–Trinajstić information content (AvgIpc) is 2.68. The van der Waals surface area contributed by atoms with Crippen LogP contribution < -0.4 is 20.1 Å². The van der Waals surface area contributed by atoms with Gasteiger partial charge in [0, 0.05) is 30.4 Å². The van der Waals surface area contributed by atoms with Gasteiger partial charge in [-0.2, -0.15) is 0 Å². The Balaban J connectivity index is 0.00000420. The molecule has 0 saturated carbocycles. The van der Waals surface area contributed by atoms with Crippen LogP contribution in [0.4, 0.5) is 0 Å². The summed E-state index contributed by atoms with van der Waals surface area (Å²) in [5.74, 6) is 2.57. The second-order valence-electron chi connectivity index (χ2n) is 6.73. The van der Waals surface area contributed by atoms with E-state index in [1.165, 1.54) is 11.1 Å². The molecule has 0 unspecified atom stereocenters. The lowest BCUT2D eigenvalue weighted by Crippen LogP contribution is -2.38. The van der Waals surface area contributed by atoms with Gasteiger partial charge in [-0.15, -0.1) is 24.0 Å². The van der Waals surface area contributed by atoms with Crippen LogP contribution in [0.15, 0.2) is 29.4 Å². The Morgan fingerprint density at radius 3 is 2.52 bits per heavy atom. The highest BCUT2D eigenvalue weighted by Gasteiger charge is 2.09. The predicted molar refractivity (Wildman–Crippen MR) is 130 cm³/mol. The number of hydrogen-bond donors (Lipinski definition) is 2. The van der Waals surface area contributed by atoms with E-state index in [0.717, 1.165) is 53.8 Å². The number of aliphatic imine (C=N–C) groups is 1. The van der Waals surface area contributed by atoms with E-state index in [1.54, 1.807) is 14.2 Å². The Hall–Kier alpha value is -2.03. The van der Waals surface area contributed by atoms with Crippen LogP contribution in [0.3, 0.4) is 0 Å². The molecule has 0 radical (unpaired) electrons. The van der Waals surface area contributed by atoms with Gasteiger partial charge in [0.1, 0.15) is 11.5 Å². The number of aromatic nitrogens is 1. The zero-order valence-corrected chi connectivity index (χ0v) is 20.6. The average molecular weight is 512 g/mol. The molecule has 2 aromatic rings. The molecule has 160 valence electrons. The van der Waals surface area contributed by atoms with Crippen molar-refractivity contribution >= 4 is 29.9 Å². The number of benzene rings is 1. The molecule has 7 heteroatoms. The number of methoxy groups -OCH3 is 2. The summed E-state index contributed by atoms with van der Waals surface area (Å²) < 4.78 is 10.9. The molecular formula is C22H33IN4O2.